The normalized spacial score (nSPS) is 11.3. The Morgan fingerprint density at radius 1 is 0.230 bits per heavy atom. The lowest BCUT2D eigenvalue weighted by atomic mass is 9.95. The van der Waals surface area contributed by atoms with Gasteiger partial charge in [-0.05, 0) is 46.5 Å². The van der Waals surface area contributed by atoms with Crippen LogP contribution in [0.3, 0.4) is 0 Å². The van der Waals surface area contributed by atoms with E-state index in [1.54, 1.807) is 11.3 Å². The third kappa shape index (κ3) is 7.13. The summed E-state index contributed by atoms with van der Waals surface area (Å²) in [5, 5.41) is 2.48. The zero-order valence-corrected chi connectivity index (χ0v) is 33.5. The molecule has 0 aliphatic rings. The molecule has 0 fully saturated rings. The van der Waals surface area contributed by atoms with Crippen molar-refractivity contribution >= 4 is 31.5 Å². The van der Waals surface area contributed by atoms with Crippen molar-refractivity contribution in [2.45, 2.75) is 0 Å². The van der Waals surface area contributed by atoms with Gasteiger partial charge in [-0.2, -0.15) is 0 Å². The highest BCUT2D eigenvalue weighted by atomic mass is 32.1. The molecule has 0 atom stereocenters. The monoisotopic (exact) mass is 798 g/mol. The third-order valence-corrected chi connectivity index (χ3v) is 11.9. The largest absolute Gasteiger partial charge is 0.208 e. The Morgan fingerprint density at radius 2 is 0.639 bits per heavy atom. The van der Waals surface area contributed by atoms with E-state index in [0.717, 1.165) is 44.5 Å². The highest BCUT2D eigenvalue weighted by molar-refractivity contribution is 7.25. The van der Waals surface area contributed by atoms with Crippen molar-refractivity contribution < 1.29 is 0 Å². The first-order chi connectivity index (χ1) is 30.2. The summed E-state index contributed by atoms with van der Waals surface area (Å²) in [4.78, 5) is 30.6. The topological polar surface area (TPSA) is 77.3 Å². The third-order valence-electron chi connectivity index (χ3n) is 10.8. The molecule has 11 rings (SSSR count). The number of hydrogen-bond acceptors (Lipinski definition) is 7. The van der Waals surface area contributed by atoms with Crippen LogP contribution in [0.25, 0.3) is 111 Å². The molecule has 3 aromatic heterocycles. The highest BCUT2D eigenvalue weighted by Crippen LogP contribution is 2.41. The number of hydrogen-bond donors (Lipinski definition) is 0. The zero-order chi connectivity index (χ0) is 40.5. The average molecular weight is 799 g/mol. The lowest BCUT2D eigenvalue weighted by Crippen LogP contribution is -2.02. The summed E-state index contributed by atoms with van der Waals surface area (Å²) in [7, 11) is 0. The van der Waals surface area contributed by atoms with Crippen LogP contribution >= 0.6 is 11.3 Å². The van der Waals surface area contributed by atoms with E-state index < -0.39 is 0 Å². The minimum atomic E-state index is 0.550. The van der Waals surface area contributed by atoms with Gasteiger partial charge in [0, 0.05) is 53.6 Å². The number of benzene rings is 8. The minimum absolute atomic E-state index is 0.550. The first-order valence-electron chi connectivity index (χ1n) is 20.1. The van der Waals surface area contributed by atoms with Crippen molar-refractivity contribution in [2.75, 3.05) is 0 Å². The molecule has 0 spiro atoms. The van der Waals surface area contributed by atoms with Gasteiger partial charge in [-0.25, -0.2) is 29.9 Å². The van der Waals surface area contributed by atoms with Gasteiger partial charge in [-0.3, -0.25) is 0 Å². The van der Waals surface area contributed by atoms with Gasteiger partial charge in [0.1, 0.15) is 0 Å². The van der Waals surface area contributed by atoms with Crippen molar-refractivity contribution in [3.05, 3.63) is 206 Å². The van der Waals surface area contributed by atoms with Crippen LogP contribution in [0, 0.1) is 0 Å². The van der Waals surface area contributed by atoms with E-state index in [1.165, 1.54) is 31.3 Å². The molecule has 61 heavy (non-hydrogen) atoms. The summed E-state index contributed by atoms with van der Waals surface area (Å²) in [5.74, 6) is 3.47. The van der Waals surface area contributed by atoms with Gasteiger partial charge in [0.05, 0.1) is 0 Å². The number of thiophene rings is 1. The molecule has 0 radical (unpaired) electrons. The van der Waals surface area contributed by atoms with E-state index in [2.05, 4.69) is 84.9 Å². The quantitative estimate of drug-likeness (QED) is 0.152. The lowest BCUT2D eigenvalue weighted by molar-refractivity contribution is 1.07. The fourth-order valence-electron chi connectivity index (χ4n) is 7.74. The Hall–Kier alpha value is -8.00. The molecule has 0 amide bonds. The standard InChI is InChI=1S/C54H34N6S/c1-6-16-35(17-7-1)40-28-31-47-45(32-40)44-30-26-41(34-48(44)61-47)43-29-27-42(53-57-49(36-18-8-2-9-19-36)55-50(58-53)37-20-10-3-11-21-37)33-46(43)54-59-51(38-22-12-4-13-23-38)56-52(60-54)39-24-14-5-15-25-39/h1-34H. The van der Waals surface area contributed by atoms with Gasteiger partial charge in [0.15, 0.2) is 34.9 Å². The summed E-state index contributed by atoms with van der Waals surface area (Å²) >= 11 is 1.81. The molecule has 7 heteroatoms. The van der Waals surface area contributed by atoms with Gasteiger partial charge in [0.25, 0.3) is 0 Å². The Morgan fingerprint density at radius 3 is 1.13 bits per heavy atom. The number of aromatic nitrogens is 6. The van der Waals surface area contributed by atoms with Gasteiger partial charge in [0.2, 0.25) is 0 Å². The maximum atomic E-state index is 5.21. The Labute approximate surface area is 356 Å². The summed E-state index contributed by atoms with van der Waals surface area (Å²) in [6, 6.07) is 70.7. The number of rotatable bonds is 8. The molecule has 0 saturated heterocycles. The van der Waals surface area contributed by atoms with E-state index in [0.29, 0.717) is 34.9 Å². The van der Waals surface area contributed by atoms with Crippen LogP contribution in [-0.4, -0.2) is 29.9 Å². The summed E-state index contributed by atoms with van der Waals surface area (Å²) in [5.41, 5.74) is 9.72. The van der Waals surface area contributed by atoms with Crippen LogP contribution in [-0.2, 0) is 0 Å². The SMILES string of the molecule is c1ccc(-c2ccc3sc4cc(-c5ccc(-c6nc(-c7ccccc7)nc(-c7ccccc7)n6)cc5-c5nc(-c6ccccc6)nc(-c6ccccc6)n5)ccc4c3c2)cc1. The van der Waals surface area contributed by atoms with Crippen molar-refractivity contribution in [1.29, 1.82) is 0 Å². The second-order valence-corrected chi connectivity index (χ2v) is 15.8. The van der Waals surface area contributed by atoms with Gasteiger partial charge < -0.3 is 0 Å². The average Bonchev–Trinajstić information content (AvgIpc) is 3.72. The molecule has 0 aliphatic carbocycles. The second-order valence-electron chi connectivity index (χ2n) is 14.7. The minimum Gasteiger partial charge on any atom is -0.208 e. The fraction of sp³-hybridized carbons (Fsp3) is 0. The molecular weight excluding hydrogens is 765 g/mol. The highest BCUT2D eigenvalue weighted by Gasteiger charge is 2.20. The predicted octanol–water partition coefficient (Wildman–Crippen LogP) is 13.8. The summed E-state index contributed by atoms with van der Waals surface area (Å²) in [6.45, 7) is 0. The molecule has 0 N–H and O–H groups in total. The maximum Gasteiger partial charge on any atom is 0.164 e. The number of nitrogens with zero attached hydrogens (tertiary/aromatic N) is 6. The van der Waals surface area contributed by atoms with E-state index in [1.807, 2.05) is 121 Å². The van der Waals surface area contributed by atoms with Crippen LogP contribution in [0.4, 0.5) is 0 Å². The van der Waals surface area contributed by atoms with Crippen molar-refractivity contribution in [3.63, 3.8) is 0 Å². The Kier molecular flexibility index (Phi) is 9.26. The van der Waals surface area contributed by atoms with Crippen LogP contribution in [0.2, 0.25) is 0 Å². The molecule has 0 bridgehead atoms. The fourth-order valence-corrected chi connectivity index (χ4v) is 8.87. The molecule has 0 unspecified atom stereocenters. The molecule has 8 aromatic carbocycles. The van der Waals surface area contributed by atoms with Crippen molar-refractivity contribution in [3.8, 4) is 90.6 Å². The van der Waals surface area contributed by atoms with Gasteiger partial charge in [-0.1, -0.05) is 182 Å². The predicted molar refractivity (Wildman–Crippen MR) is 250 cm³/mol. The van der Waals surface area contributed by atoms with E-state index in [9.17, 15) is 0 Å². The van der Waals surface area contributed by atoms with Gasteiger partial charge in [-0.15, -0.1) is 11.3 Å². The molecule has 0 aliphatic heterocycles. The summed E-state index contributed by atoms with van der Waals surface area (Å²) < 4.78 is 2.45. The maximum absolute atomic E-state index is 5.21. The Bertz CT molecular complexity index is 3220. The second kappa shape index (κ2) is 15.6. The Balaban J connectivity index is 1.13. The first-order valence-corrected chi connectivity index (χ1v) is 20.9. The smallest absolute Gasteiger partial charge is 0.164 e. The van der Waals surface area contributed by atoms with Crippen LogP contribution in [0.5, 0.6) is 0 Å². The molecule has 3 heterocycles. The van der Waals surface area contributed by atoms with E-state index >= 15 is 0 Å². The van der Waals surface area contributed by atoms with Crippen LogP contribution in [0.15, 0.2) is 206 Å². The van der Waals surface area contributed by atoms with Gasteiger partial charge >= 0.3 is 0 Å². The molecule has 6 nitrogen and oxygen atoms in total. The zero-order valence-electron chi connectivity index (χ0n) is 32.7. The molecule has 11 aromatic rings. The summed E-state index contributed by atoms with van der Waals surface area (Å²) in [6.07, 6.45) is 0. The molecular formula is C54H34N6S. The van der Waals surface area contributed by atoms with Crippen LogP contribution in [0.1, 0.15) is 0 Å². The van der Waals surface area contributed by atoms with E-state index in [4.69, 9.17) is 29.9 Å². The first kappa shape index (κ1) is 36.1. The molecule has 0 saturated carbocycles. The lowest BCUT2D eigenvalue weighted by Gasteiger charge is -2.14. The number of fused-ring (bicyclic) bond motifs is 3. The van der Waals surface area contributed by atoms with Crippen molar-refractivity contribution in [1.82, 2.24) is 29.9 Å². The van der Waals surface area contributed by atoms with Crippen molar-refractivity contribution in [2.24, 2.45) is 0 Å². The molecule has 286 valence electrons. The van der Waals surface area contributed by atoms with E-state index in [-0.39, 0.29) is 0 Å². The van der Waals surface area contributed by atoms with Crippen LogP contribution < -0.4 is 0 Å².